The van der Waals surface area contributed by atoms with Gasteiger partial charge < -0.3 is 10.7 Å². The summed E-state index contributed by atoms with van der Waals surface area (Å²) in [6.07, 6.45) is 0.765. The second-order valence-electron chi connectivity index (χ2n) is 3.90. The van der Waals surface area contributed by atoms with Crippen LogP contribution in [0.3, 0.4) is 0 Å². The molecule has 2 aromatic rings. The number of nitrogens with one attached hydrogen (secondary N) is 2. The quantitative estimate of drug-likeness (QED) is 0.587. The Bertz CT molecular complexity index is 571. The normalized spacial score (nSPS) is 10.2. The minimum atomic E-state index is -0.142. The van der Waals surface area contributed by atoms with Gasteiger partial charge in [-0.05, 0) is 30.7 Å². The fourth-order valence-corrected chi connectivity index (χ4v) is 2.77. The smallest absolute Gasteiger partial charge is 0.253 e. The maximum atomic E-state index is 12.0. The number of thiophene rings is 1. The monoisotopic (exact) mass is 295 g/mol. The maximum absolute atomic E-state index is 12.0. The lowest BCUT2D eigenvalue weighted by Crippen LogP contribution is -2.27. The zero-order valence-corrected chi connectivity index (χ0v) is 11.7. The predicted octanol–water partition coefficient (Wildman–Crippen LogP) is 2.66. The van der Waals surface area contributed by atoms with E-state index in [0.717, 1.165) is 15.6 Å². The van der Waals surface area contributed by atoms with E-state index in [2.05, 4.69) is 10.7 Å². The molecule has 0 spiro atoms. The molecule has 0 unspecified atom stereocenters. The molecule has 1 aromatic heterocycles. The van der Waals surface area contributed by atoms with Crippen molar-refractivity contribution < 1.29 is 4.79 Å². The first-order chi connectivity index (χ1) is 9.20. The van der Waals surface area contributed by atoms with Gasteiger partial charge in [-0.3, -0.25) is 10.6 Å². The number of amides is 1. The number of hydrogen-bond donors (Lipinski definition) is 3. The van der Waals surface area contributed by atoms with Crippen LogP contribution in [0.4, 0.5) is 5.69 Å². The van der Waals surface area contributed by atoms with Gasteiger partial charge in [0.25, 0.3) is 5.91 Å². The zero-order chi connectivity index (χ0) is 13.7. The van der Waals surface area contributed by atoms with E-state index in [1.165, 1.54) is 11.3 Å². The summed E-state index contributed by atoms with van der Waals surface area (Å²) < 4.78 is 0.763. The average molecular weight is 296 g/mol. The van der Waals surface area contributed by atoms with Crippen molar-refractivity contribution in [3.8, 4) is 0 Å². The fourth-order valence-electron chi connectivity index (χ4n) is 1.69. The Morgan fingerprint density at radius 3 is 2.74 bits per heavy atom. The first-order valence-electron chi connectivity index (χ1n) is 5.79. The van der Waals surface area contributed by atoms with Crippen molar-refractivity contribution in [2.75, 3.05) is 12.0 Å². The lowest BCUT2D eigenvalue weighted by Gasteiger charge is -2.08. The fraction of sp³-hybridized carbons (Fsp3) is 0.154. The number of para-hydroxylation sites is 1. The van der Waals surface area contributed by atoms with Gasteiger partial charge in [-0.15, -0.1) is 11.3 Å². The second-order valence-corrected chi connectivity index (χ2v) is 5.70. The third kappa shape index (κ3) is 3.70. The van der Waals surface area contributed by atoms with Crippen LogP contribution < -0.4 is 16.6 Å². The highest BCUT2D eigenvalue weighted by Crippen LogP contribution is 2.21. The Kier molecular flexibility index (Phi) is 4.79. The molecule has 0 bridgehead atoms. The molecule has 100 valence electrons. The van der Waals surface area contributed by atoms with Gasteiger partial charge in [0.05, 0.1) is 15.6 Å². The molecule has 1 aromatic carbocycles. The highest BCUT2D eigenvalue weighted by atomic mass is 35.5. The average Bonchev–Trinajstić information content (AvgIpc) is 2.84. The van der Waals surface area contributed by atoms with Crippen molar-refractivity contribution in [1.82, 2.24) is 5.32 Å². The third-order valence-electron chi connectivity index (χ3n) is 2.61. The van der Waals surface area contributed by atoms with Crippen LogP contribution in [0.1, 0.15) is 15.2 Å². The predicted molar refractivity (Wildman–Crippen MR) is 79.6 cm³/mol. The molecule has 4 N–H and O–H groups in total. The van der Waals surface area contributed by atoms with Gasteiger partial charge in [-0.2, -0.15) is 0 Å². The molecule has 0 aliphatic carbocycles. The number of nitrogen functional groups attached to an aromatic ring is 1. The Morgan fingerprint density at radius 1 is 1.26 bits per heavy atom. The standard InChI is InChI=1S/C13H14ClN3OS/c14-12-6-5-9(19-12)7-8-16-13(18)10-3-1-2-4-11(10)17-15/h1-6,17H,7-8,15H2,(H,16,18). The summed E-state index contributed by atoms with van der Waals surface area (Å²) in [7, 11) is 0. The van der Waals surface area contributed by atoms with Gasteiger partial charge in [0.1, 0.15) is 0 Å². The van der Waals surface area contributed by atoms with Crippen LogP contribution in [0.5, 0.6) is 0 Å². The van der Waals surface area contributed by atoms with Gasteiger partial charge >= 0.3 is 0 Å². The van der Waals surface area contributed by atoms with Gasteiger partial charge in [0, 0.05) is 11.4 Å². The number of carbonyl (C=O) groups excluding carboxylic acids is 1. The molecule has 0 aliphatic heterocycles. The van der Waals surface area contributed by atoms with Gasteiger partial charge in [0.2, 0.25) is 0 Å². The number of hydrazine groups is 1. The van der Waals surface area contributed by atoms with Crippen molar-refractivity contribution in [2.45, 2.75) is 6.42 Å². The highest BCUT2D eigenvalue weighted by Gasteiger charge is 2.09. The van der Waals surface area contributed by atoms with Crippen LogP contribution in [-0.4, -0.2) is 12.5 Å². The van der Waals surface area contributed by atoms with Crippen LogP contribution in [0.2, 0.25) is 4.34 Å². The summed E-state index contributed by atoms with van der Waals surface area (Å²) in [5.74, 6) is 5.23. The molecule has 1 heterocycles. The second kappa shape index (κ2) is 6.56. The summed E-state index contributed by atoms with van der Waals surface area (Å²) in [6.45, 7) is 0.564. The van der Waals surface area contributed by atoms with E-state index in [0.29, 0.717) is 17.8 Å². The third-order valence-corrected chi connectivity index (χ3v) is 3.90. The van der Waals surface area contributed by atoms with Gasteiger partial charge in [-0.1, -0.05) is 23.7 Å². The van der Waals surface area contributed by atoms with Crippen LogP contribution in [0.15, 0.2) is 36.4 Å². The number of benzene rings is 1. The lowest BCUT2D eigenvalue weighted by atomic mass is 10.1. The zero-order valence-electron chi connectivity index (χ0n) is 10.2. The van der Waals surface area contributed by atoms with E-state index in [-0.39, 0.29) is 5.91 Å². The number of hydrogen-bond acceptors (Lipinski definition) is 4. The van der Waals surface area contributed by atoms with E-state index in [1.54, 1.807) is 18.2 Å². The first kappa shape index (κ1) is 13.9. The molecule has 4 nitrogen and oxygen atoms in total. The topological polar surface area (TPSA) is 67.1 Å². The first-order valence-corrected chi connectivity index (χ1v) is 6.98. The van der Waals surface area contributed by atoms with E-state index in [9.17, 15) is 4.79 Å². The minimum absolute atomic E-state index is 0.142. The van der Waals surface area contributed by atoms with E-state index < -0.39 is 0 Å². The van der Waals surface area contributed by atoms with Crippen LogP contribution in [0, 0.1) is 0 Å². The highest BCUT2D eigenvalue weighted by molar-refractivity contribution is 7.16. The van der Waals surface area contributed by atoms with Crippen LogP contribution in [-0.2, 0) is 6.42 Å². The molecule has 19 heavy (non-hydrogen) atoms. The van der Waals surface area contributed by atoms with Crippen LogP contribution in [0.25, 0.3) is 0 Å². The Morgan fingerprint density at radius 2 is 2.05 bits per heavy atom. The molecular formula is C13H14ClN3OS. The van der Waals surface area contributed by atoms with Crippen molar-refractivity contribution in [1.29, 1.82) is 0 Å². The summed E-state index contributed by atoms with van der Waals surface area (Å²) in [5.41, 5.74) is 3.66. The molecule has 0 fully saturated rings. The van der Waals surface area contributed by atoms with Crippen molar-refractivity contribution >= 4 is 34.5 Å². The Labute approximate surface area is 120 Å². The van der Waals surface area contributed by atoms with Gasteiger partial charge in [-0.25, -0.2) is 0 Å². The minimum Gasteiger partial charge on any atom is -0.352 e. The Hall–Kier alpha value is -1.56. The maximum Gasteiger partial charge on any atom is 0.253 e. The molecule has 6 heteroatoms. The van der Waals surface area contributed by atoms with Crippen LogP contribution >= 0.6 is 22.9 Å². The number of anilines is 1. The molecule has 0 radical (unpaired) electrons. The molecule has 0 atom stereocenters. The van der Waals surface area contributed by atoms with Crippen molar-refractivity contribution in [2.24, 2.45) is 5.84 Å². The lowest BCUT2D eigenvalue weighted by molar-refractivity contribution is 0.0955. The van der Waals surface area contributed by atoms with Gasteiger partial charge in [0.15, 0.2) is 0 Å². The van der Waals surface area contributed by atoms with E-state index >= 15 is 0 Å². The number of rotatable bonds is 5. The number of nitrogens with two attached hydrogens (primary N) is 1. The molecule has 1 amide bonds. The molecular weight excluding hydrogens is 282 g/mol. The largest absolute Gasteiger partial charge is 0.352 e. The summed E-state index contributed by atoms with van der Waals surface area (Å²) in [5, 5.41) is 2.86. The Balaban J connectivity index is 1.90. The molecule has 2 rings (SSSR count). The molecule has 0 saturated heterocycles. The number of halogens is 1. The summed E-state index contributed by atoms with van der Waals surface area (Å²) in [6, 6.07) is 10.9. The molecule has 0 aliphatic rings. The van der Waals surface area contributed by atoms with E-state index in [4.69, 9.17) is 17.4 Å². The summed E-state index contributed by atoms with van der Waals surface area (Å²) in [4.78, 5) is 13.1. The van der Waals surface area contributed by atoms with Crippen molar-refractivity contribution in [3.63, 3.8) is 0 Å². The van der Waals surface area contributed by atoms with Crippen molar-refractivity contribution in [3.05, 3.63) is 51.2 Å². The SMILES string of the molecule is NNc1ccccc1C(=O)NCCc1ccc(Cl)s1. The summed E-state index contributed by atoms with van der Waals surface area (Å²) >= 11 is 7.37. The van der Waals surface area contributed by atoms with E-state index in [1.807, 2.05) is 18.2 Å². The molecule has 0 saturated carbocycles. The number of carbonyl (C=O) groups is 1.